The zero-order chi connectivity index (χ0) is 12.1. The number of rotatable bonds is 5. The summed E-state index contributed by atoms with van der Waals surface area (Å²) in [5.74, 6) is -1.79. The number of carbonyl (C=O) groups excluding carboxylic acids is 2. The first-order valence-corrected chi connectivity index (χ1v) is 5.65. The van der Waals surface area contributed by atoms with Crippen LogP contribution in [0.1, 0.15) is 45.4 Å². The van der Waals surface area contributed by atoms with Gasteiger partial charge in [-0.15, -0.1) is 0 Å². The van der Waals surface area contributed by atoms with Crippen molar-refractivity contribution in [2.45, 2.75) is 51.5 Å². The van der Waals surface area contributed by atoms with Crippen LogP contribution in [0.5, 0.6) is 0 Å². The first-order chi connectivity index (χ1) is 7.57. The number of carbonyl (C=O) groups is 3. The van der Waals surface area contributed by atoms with E-state index in [-0.39, 0.29) is 31.1 Å². The molecule has 1 unspecified atom stereocenters. The molecule has 5 nitrogen and oxygen atoms in total. The third kappa shape index (κ3) is 2.81. The van der Waals surface area contributed by atoms with Gasteiger partial charge in [0.1, 0.15) is 6.04 Å². The van der Waals surface area contributed by atoms with Gasteiger partial charge in [0.15, 0.2) is 0 Å². The minimum Gasteiger partial charge on any atom is -0.480 e. The van der Waals surface area contributed by atoms with Gasteiger partial charge < -0.3 is 5.11 Å². The molecule has 90 valence electrons. The van der Waals surface area contributed by atoms with E-state index in [2.05, 4.69) is 0 Å². The molecule has 16 heavy (non-hydrogen) atoms. The van der Waals surface area contributed by atoms with E-state index in [4.69, 9.17) is 5.11 Å². The number of aliphatic carboxylic acids is 1. The predicted molar refractivity (Wildman–Crippen MR) is 56.7 cm³/mol. The molecule has 0 saturated carbocycles. The highest BCUT2D eigenvalue weighted by molar-refractivity contribution is 6.01. The Morgan fingerprint density at radius 3 is 2.69 bits per heavy atom. The molecular weight excluding hydrogens is 210 g/mol. The quantitative estimate of drug-likeness (QED) is 0.715. The fourth-order valence-corrected chi connectivity index (χ4v) is 1.88. The largest absolute Gasteiger partial charge is 0.480 e. The van der Waals surface area contributed by atoms with Gasteiger partial charge in [-0.2, -0.15) is 0 Å². The van der Waals surface area contributed by atoms with E-state index in [9.17, 15) is 14.4 Å². The van der Waals surface area contributed by atoms with E-state index in [0.29, 0.717) is 6.42 Å². The summed E-state index contributed by atoms with van der Waals surface area (Å²) in [6.45, 7) is 2.02. The van der Waals surface area contributed by atoms with E-state index in [1.165, 1.54) is 0 Å². The first-order valence-electron chi connectivity index (χ1n) is 5.65. The van der Waals surface area contributed by atoms with Crippen molar-refractivity contribution in [2.75, 3.05) is 0 Å². The molecule has 0 radical (unpaired) electrons. The third-order valence-corrected chi connectivity index (χ3v) is 2.76. The Labute approximate surface area is 94.4 Å². The summed E-state index contributed by atoms with van der Waals surface area (Å²) in [7, 11) is 0. The number of hydrogen-bond donors (Lipinski definition) is 1. The fourth-order valence-electron chi connectivity index (χ4n) is 1.88. The van der Waals surface area contributed by atoms with E-state index in [1.807, 2.05) is 6.92 Å². The summed E-state index contributed by atoms with van der Waals surface area (Å²) in [5.41, 5.74) is 0. The standard InChI is InChI=1S/C11H17NO4/c1-2-3-4-5-9(13)12-8(11(15)16)6-7-10(12)14/h8H,2-7H2,1H3,(H,15,16). The number of imide groups is 1. The maximum absolute atomic E-state index is 11.7. The third-order valence-electron chi connectivity index (χ3n) is 2.76. The van der Waals surface area contributed by atoms with Crippen LogP contribution < -0.4 is 0 Å². The Kier molecular flexibility index (Phi) is 4.46. The van der Waals surface area contributed by atoms with Crippen molar-refractivity contribution in [3.05, 3.63) is 0 Å². The van der Waals surface area contributed by atoms with Crippen molar-refractivity contribution in [3.63, 3.8) is 0 Å². The number of unbranched alkanes of at least 4 members (excludes halogenated alkanes) is 2. The number of carboxylic acids is 1. The van der Waals surface area contributed by atoms with Crippen molar-refractivity contribution in [2.24, 2.45) is 0 Å². The van der Waals surface area contributed by atoms with Gasteiger partial charge in [0, 0.05) is 12.8 Å². The zero-order valence-electron chi connectivity index (χ0n) is 9.44. The number of hydrogen-bond acceptors (Lipinski definition) is 3. The monoisotopic (exact) mass is 227 g/mol. The lowest BCUT2D eigenvalue weighted by molar-refractivity contribution is -0.154. The fraction of sp³-hybridized carbons (Fsp3) is 0.727. The molecule has 1 N–H and O–H groups in total. The molecule has 1 aliphatic heterocycles. The van der Waals surface area contributed by atoms with Crippen LogP contribution in [0.3, 0.4) is 0 Å². The summed E-state index contributed by atoms with van der Waals surface area (Å²) in [6.07, 6.45) is 3.30. The highest BCUT2D eigenvalue weighted by Gasteiger charge is 2.39. The maximum Gasteiger partial charge on any atom is 0.326 e. The van der Waals surface area contributed by atoms with Gasteiger partial charge in [-0.3, -0.25) is 14.5 Å². The molecule has 2 amide bonds. The van der Waals surface area contributed by atoms with Crippen molar-refractivity contribution in [1.29, 1.82) is 0 Å². The summed E-state index contributed by atoms with van der Waals surface area (Å²) in [5, 5.41) is 8.88. The molecule has 1 atom stereocenters. The zero-order valence-corrected chi connectivity index (χ0v) is 9.44. The number of amides is 2. The summed E-state index contributed by atoms with van der Waals surface area (Å²) in [4.78, 5) is 34.9. The lowest BCUT2D eigenvalue weighted by Crippen LogP contribution is -2.42. The molecule has 0 aromatic heterocycles. The molecule has 0 aromatic rings. The van der Waals surface area contributed by atoms with Gasteiger partial charge in [0.05, 0.1) is 0 Å². The molecule has 1 rings (SSSR count). The topological polar surface area (TPSA) is 74.7 Å². The molecule has 5 heteroatoms. The van der Waals surface area contributed by atoms with Gasteiger partial charge >= 0.3 is 5.97 Å². The lowest BCUT2D eigenvalue weighted by Gasteiger charge is -2.19. The van der Waals surface area contributed by atoms with Crippen molar-refractivity contribution >= 4 is 17.8 Å². The van der Waals surface area contributed by atoms with Crippen molar-refractivity contribution in [1.82, 2.24) is 4.90 Å². The Balaban J connectivity index is 2.57. The Morgan fingerprint density at radius 2 is 2.12 bits per heavy atom. The Bertz CT molecular complexity index is 300. The summed E-state index contributed by atoms with van der Waals surface area (Å²) >= 11 is 0. The van der Waals surface area contributed by atoms with Crippen LogP contribution in [-0.2, 0) is 14.4 Å². The van der Waals surface area contributed by atoms with E-state index < -0.39 is 12.0 Å². The van der Waals surface area contributed by atoms with E-state index >= 15 is 0 Å². The second kappa shape index (κ2) is 5.63. The van der Waals surface area contributed by atoms with Crippen molar-refractivity contribution in [3.8, 4) is 0 Å². The molecule has 1 fully saturated rings. The minimum atomic E-state index is -1.09. The first kappa shape index (κ1) is 12.7. The maximum atomic E-state index is 11.7. The molecule has 1 aliphatic rings. The minimum absolute atomic E-state index is 0.163. The van der Waals surface area contributed by atoms with Crippen LogP contribution in [0.25, 0.3) is 0 Å². The van der Waals surface area contributed by atoms with Crippen LogP contribution in [-0.4, -0.2) is 33.8 Å². The highest BCUT2D eigenvalue weighted by Crippen LogP contribution is 2.20. The molecule has 1 heterocycles. The Hall–Kier alpha value is -1.39. The average molecular weight is 227 g/mol. The summed E-state index contributed by atoms with van der Waals surface area (Å²) in [6, 6.07) is -0.943. The van der Waals surface area contributed by atoms with Gasteiger partial charge in [-0.05, 0) is 12.8 Å². The molecule has 0 aliphatic carbocycles. The number of nitrogens with zero attached hydrogens (tertiary/aromatic N) is 1. The lowest BCUT2D eigenvalue weighted by atomic mass is 10.1. The van der Waals surface area contributed by atoms with Gasteiger partial charge in [-0.1, -0.05) is 19.8 Å². The highest BCUT2D eigenvalue weighted by atomic mass is 16.4. The SMILES string of the molecule is CCCCCC(=O)N1C(=O)CCC1C(=O)O. The second-order valence-corrected chi connectivity index (χ2v) is 4.01. The molecule has 0 aromatic carbocycles. The second-order valence-electron chi connectivity index (χ2n) is 4.01. The molecule has 1 saturated heterocycles. The van der Waals surface area contributed by atoms with Crippen molar-refractivity contribution < 1.29 is 19.5 Å². The molecule has 0 spiro atoms. The normalized spacial score (nSPS) is 20.2. The van der Waals surface area contributed by atoms with Crippen LogP contribution in [0.15, 0.2) is 0 Å². The van der Waals surface area contributed by atoms with Crippen LogP contribution in [0.2, 0.25) is 0 Å². The average Bonchev–Trinajstić information content (AvgIpc) is 2.60. The van der Waals surface area contributed by atoms with Gasteiger partial charge in [0.25, 0.3) is 0 Å². The van der Waals surface area contributed by atoms with Crippen LogP contribution in [0.4, 0.5) is 0 Å². The van der Waals surface area contributed by atoms with Gasteiger partial charge in [0.2, 0.25) is 11.8 Å². The van der Waals surface area contributed by atoms with E-state index in [0.717, 1.165) is 17.7 Å². The summed E-state index contributed by atoms with van der Waals surface area (Å²) < 4.78 is 0. The predicted octanol–water partition coefficient (Wildman–Crippen LogP) is 1.17. The molecule has 0 bridgehead atoms. The van der Waals surface area contributed by atoms with Crippen LogP contribution in [0, 0.1) is 0 Å². The number of carboxylic acid groups (broad SMARTS) is 1. The smallest absolute Gasteiger partial charge is 0.326 e. The Morgan fingerprint density at radius 1 is 1.44 bits per heavy atom. The molecular formula is C11H17NO4. The number of likely N-dealkylation sites (tertiary alicyclic amines) is 1. The van der Waals surface area contributed by atoms with E-state index in [1.54, 1.807) is 0 Å². The van der Waals surface area contributed by atoms with Gasteiger partial charge in [-0.25, -0.2) is 4.79 Å². The van der Waals surface area contributed by atoms with Crippen LogP contribution >= 0.6 is 0 Å².